The lowest BCUT2D eigenvalue weighted by Gasteiger charge is -2.17. The van der Waals surface area contributed by atoms with Crippen LogP contribution in [0.3, 0.4) is 0 Å². The van der Waals surface area contributed by atoms with E-state index in [1.165, 1.54) is 0 Å². The van der Waals surface area contributed by atoms with Gasteiger partial charge in [0.05, 0.1) is 19.8 Å². The predicted octanol–water partition coefficient (Wildman–Crippen LogP) is 4.15. The van der Waals surface area contributed by atoms with Crippen molar-refractivity contribution in [2.24, 2.45) is 0 Å². The van der Waals surface area contributed by atoms with Crippen molar-refractivity contribution in [3.05, 3.63) is 154 Å². The first-order valence-electron chi connectivity index (χ1n) is 16.3. The second kappa shape index (κ2) is 17.9. The molecule has 0 saturated heterocycles. The average molecular weight is 694 g/mol. The van der Waals surface area contributed by atoms with Gasteiger partial charge in [0.25, 0.3) is 0 Å². The summed E-state index contributed by atoms with van der Waals surface area (Å²) >= 11 is 0. The van der Waals surface area contributed by atoms with Gasteiger partial charge < -0.3 is 46.2 Å². The number of ether oxygens (including phenoxy) is 5. The second-order valence-corrected chi connectivity index (χ2v) is 11.5. The fraction of sp³-hybridized carbons (Fsp3) is 0.195. The lowest BCUT2D eigenvalue weighted by atomic mass is 10.1. The van der Waals surface area contributed by atoms with Crippen LogP contribution in [0.5, 0.6) is 23.0 Å². The summed E-state index contributed by atoms with van der Waals surface area (Å²) in [6.07, 6.45) is 0. The van der Waals surface area contributed by atoms with E-state index in [-0.39, 0.29) is 42.6 Å². The molecule has 50 heavy (non-hydrogen) atoms. The van der Waals surface area contributed by atoms with Crippen molar-refractivity contribution in [2.75, 3.05) is 26.4 Å². The summed E-state index contributed by atoms with van der Waals surface area (Å²) in [5.41, 5.74) is 8.35. The van der Waals surface area contributed by atoms with E-state index in [0.717, 1.165) is 22.3 Å². The molecule has 6 aromatic rings. The summed E-state index contributed by atoms with van der Waals surface area (Å²) in [5.74, 6) is 1.82. The molecule has 0 aliphatic carbocycles. The van der Waals surface area contributed by atoms with Gasteiger partial charge in [0.1, 0.15) is 43.1 Å². The highest BCUT2D eigenvalue weighted by molar-refractivity contribution is 5.88. The zero-order valence-electron chi connectivity index (χ0n) is 27.9. The van der Waals surface area contributed by atoms with Gasteiger partial charge in [0.15, 0.2) is 17.3 Å². The molecule has 1 heterocycles. The molecule has 0 amide bonds. The first kappa shape index (κ1) is 36.0. The van der Waals surface area contributed by atoms with Crippen LogP contribution < -0.4 is 42.5 Å². The molecule has 3 N–H and O–H groups in total. The number of quaternary nitrogens is 1. The predicted molar refractivity (Wildman–Crippen MR) is 189 cm³/mol. The van der Waals surface area contributed by atoms with Gasteiger partial charge >= 0.3 is 0 Å². The Hall–Kier alpha value is -5.28. The van der Waals surface area contributed by atoms with Gasteiger partial charge in [0.2, 0.25) is 11.2 Å². The number of aryl methyl sites for hydroxylation is 1. The van der Waals surface area contributed by atoms with Crippen LogP contribution >= 0.6 is 0 Å². The van der Waals surface area contributed by atoms with E-state index in [1.54, 1.807) is 0 Å². The van der Waals surface area contributed by atoms with E-state index >= 15 is 0 Å². The zero-order valence-corrected chi connectivity index (χ0v) is 28.7. The van der Waals surface area contributed by atoms with Crippen LogP contribution in [0.15, 0.2) is 131 Å². The summed E-state index contributed by atoms with van der Waals surface area (Å²) in [6, 6.07) is 38.8. The van der Waals surface area contributed by atoms with Crippen LogP contribution in [0.2, 0.25) is 0 Å². The largest absolute Gasteiger partial charge is 1.00 e. The fourth-order valence-electron chi connectivity index (χ4n) is 5.33. The number of benzene rings is 5. The smallest absolute Gasteiger partial charge is 0.239 e. The molecule has 0 saturated carbocycles. The molecular weight excluding hydrogens is 654 g/mol. The van der Waals surface area contributed by atoms with Gasteiger partial charge in [-0.1, -0.05) is 91.0 Å². The summed E-state index contributed by atoms with van der Waals surface area (Å²) < 4.78 is 37.1. The summed E-state index contributed by atoms with van der Waals surface area (Å²) in [6.45, 7) is 4.47. The van der Waals surface area contributed by atoms with E-state index in [4.69, 9.17) is 28.1 Å². The zero-order chi connectivity index (χ0) is 33.8. The van der Waals surface area contributed by atoms with Gasteiger partial charge in [-0.15, -0.1) is 0 Å². The molecule has 0 fully saturated rings. The Morgan fingerprint density at radius 1 is 0.600 bits per heavy atom. The maximum absolute atomic E-state index is 14.3. The van der Waals surface area contributed by atoms with E-state index < -0.39 is 0 Å². The number of hydrogen-bond donors (Lipinski definition) is 1. The van der Waals surface area contributed by atoms with Crippen molar-refractivity contribution < 1.29 is 46.2 Å². The molecule has 9 heteroatoms. The SMILES string of the molecule is Cc1cc(OCc2ccccc2)c2c(=O)c(OCCOCC[NH3+])c(-c3ccc(OCc4ccccc4)c(OCc4ccccc4)c3)oc2c1.[Cl-]. The van der Waals surface area contributed by atoms with Gasteiger partial charge in [-0.25, -0.2) is 0 Å². The molecule has 0 aliphatic rings. The Bertz CT molecular complexity index is 2020. The standard InChI is InChI=1S/C41H39NO7.ClH/c1-29-23-36(48-28-32-15-9-4-10-16-32)38-37(24-29)49-40(41(39(38)43)45-22-21-44-20-19-42)33-17-18-34(46-26-30-11-5-2-6-12-30)35(25-33)47-27-31-13-7-3-8-14-31;/h2-18,23-25H,19-22,26-28,42H2,1H3;1H. The lowest BCUT2D eigenvalue weighted by Crippen LogP contribution is -3.00. The molecule has 5 aromatic carbocycles. The van der Waals surface area contributed by atoms with Crippen molar-refractivity contribution >= 4 is 11.0 Å². The first-order chi connectivity index (χ1) is 24.1. The Balaban J connectivity index is 0.00000486. The van der Waals surface area contributed by atoms with Crippen molar-refractivity contribution in [1.82, 2.24) is 0 Å². The highest BCUT2D eigenvalue weighted by Gasteiger charge is 2.23. The lowest BCUT2D eigenvalue weighted by molar-refractivity contribution is -0.374. The van der Waals surface area contributed by atoms with Crippen LogP contribution in [0.1, 0.15) is 22.3 Å². The number of rotatable bonds is 16. The third-order valence-corrected chi connectivity index (χ3v) is 7.74. The quantitative estimate of drug-likeness (QED) is 0.152. The average Bonchev–Trinajstić information content (AvgIpc) is 3.14. The number of hydrogen-bond acceptors (Lipinski definition) is 7. The van der Waals surface area contributed by atoms with E-state index in [1.807, 2.05) is 128 Å². The molecule has 8 nitrogen and oxygen atoms in total. The van der Waals surface area contributed by atoms with Crippen LogP contribution in [0, 0.1) is 6.92 Å². The van der Waals surface area contributed by atoms with Gasteiger partial charge in [-0.05, 0) is 59.5 Å². The topological polar surface area (TPSA) is 104 Å². The Morgan fingerprint density at radius 2 is 1.16 bits per heavy atom. The fourth-order valence-corrected chi connectivity index (χ4v) is 5.33. The molecule has 0 bridgehead atoms. The summed E-state index contributed by atoms with van der Waals surface area (Å²) in [4.78, 5) is 14.3. The van der Waals surface area contributed by atoms with Crippen molar-refractivity contribution in [1.29, 1.82) is 0 Å². The number of halogens is 1. The molecular formula is C41H40ClNO7. The first-order valence-corrected chi connectivity index (χ1v) is 16.3. The third kappa shape index (κ3) is 9.24. The maximum Gasteiger partial charge on any atom is 0.239 e. The second-order valence-electron chi connectivity index (χ2n) is 11.5. The highest BCUT2D eigenvalue weighted by Crippen LogP contribution is 2.39. The van der Waals surface area contributed by atoms with Crippen LogP contribution in [-0.4, -0.2) is 26.4 Å². The minimum Gasteiger partial charge on any atom is -1.00 e. The van der Waals surface area contributed by atoms with Crippen LogP contribution in [0.4, 0.5) is 0 Å². The monoisotopic (exact) mass is 693 g/mol. The minimum atomic E-state index is -0.340. The molecule has 0 aliphatic heterocycles. The molecule has 1 aromatic heterocycles. The summed E-state index contributed by atoms with van der Waals surface area (Å²) in [5, 5.41) is 0.308. The molecule has 0 spiro atoms. The highest BCUT2D eigenvalue weighted by atomic mass is 35.5. The summed E-state index contributed by atoms with van der Waals surface area (Å²) in [7, 11) is 0. The van der Waals surface area contributed by atoms with Crippen molar-refractivity contribution in [2.45, 2.75) is 26.7 Å². The van der Waals surface area contributed by atoms with Crippen molar-refractivity contribution in [3.8, 4) is 34.3 Å². The Kier molecular flexibility index (Phi) is 12.9. The molecule has 0 atom stereocenters. The third-order valence-electron chi connectivity index (χ3n) is 7.74. The minimum absolute atomic E-state index is 0. The normalized spacial score (nSPS) is 10.8. The van der Waals surface area contributed by atoms with Crippen LogP contribution in [0.25, 0.3) is 22.3 Å². The maximum atomic E-state index is 14.3. The molecule has 0 unspecified atom stereocenters. The Morgan fingerprint density at radius 3 is 1.74 bits per heavy atom. The van der Waals surface area contributed by atoms with Gasteiger partial charge in [-0.2, -0.15) is 0 Å². The molecule has 258 valence electrons. The molecule has 0 radical (unpaired) electrons. The van der Waals surface area contributed by atoms with E-state index in [9.17, 15) is 4.79 Å². The molecule has 6 rings (SSSR count). The van der Waals surface area contributed by atoms with E-state index in [2.05, 4.69) is 5.73 Å². The van der Waals surface area contributed by atoms with Gasteiger partial charge in [0, 0.05) is 5.56 Å². The number of fused-ring (bicyclic) bond motifs is 1. The van der Waals surface area contributed by atoms with Gasteiger partial charge in [-0.3, -0.25) is 4.79 Å². The van der Waals surface area contributed by atoms with Crippen LogP contribution in [-0.2, 0) is 24.6 Å². The van der Waals surface area contributed by atoms with Crippen molar-refractivity contribution in [3.63, 3.8) is 0 Å². The van der Waals surface area contributed by atoms with E-state index in [0.29, 0.717) is 66.8 Å². The Labute approximate surface area is 297 Å².